The Balaban J connectivity index is -0.0000000793. The van der Waals surface area contributed by atoms with Crippen molar-refractivity contribution in [2.24, 2.45) is 0 Å². The first-order chi connectivity index (χ1) is 7.20. The van der Waals surface area contributed by atoms with Crippen molar-refractivity contribution in [3.05, 3.63) is 47.6 Å². The fourth-order valence-corrected chi connectivity index (χ4v) is 0.998. The number of allylic oxidation sites excluding steroid dienone is 8. The quantitative estimate of drug-likeness (QED) is 0.284. The minimum atomic E-state index is 0. The first kappa shape index (κ1) is 27.1. The molecule has 4 heteroatoms. The van der Waals surface area contributed by atoms with Gasteiger partial charge in [0.1, 0.15) is 0 Å². The summed E-state index contributed by atoms with van der Waals surface area (Å²) in [5.74, 6) is 0. The minimum Gasteiger partial charge on any atom is -1.00 e. The molecule has 0 aromatic carbocycles. The van der Waals surface area contributed by atoms with Crippen LogP contribution in [0.5, 0.6) is 0 Å². The summed E-state index contributed by atoms with van der Waals surface area (Å²) in [6, 6.07) is 0. The van der Waals surface area contributed by atoms with Crippen molar-refractivity contribution in [1.29, 1.82) is 0 Å². The topological polar surface area (TPSA) is 0 Å². The number of rotatable bonds is 0. The third kappa shape index (κ3) is 19.0. The molecule has 0 amide bonds. The summed E-state index contributed by atoms with van der Waals surface area (Å²) in [5, 5.41) is 0. The standard InChI is InChI=1S/2C6H7.C2H7Si.2ClH.Hf/c2*1-6-4-2-3-5-6;1-3-2;;;/h2*4-5H,2H2,1H3;3H,1-2H3;2*1H;/q2*-1;;;;+4/p-2. The molecule has 0 aromatic heterocycles. The second kappa shape index (κ2) is 20.0. The molecule has 2 rings (SSSR count). The zero-order valence-electron chi connectivity index (χ0n) is 11.6. The number of hydrogen-bond donors (Lipinski definition) is 0. The molecule has 0 saturated heterocycles. The van der Waals surface area contributed by atoms with E-state index in [1.807, 2.05) is 12.2 Å². The first-order valence-electron chi connectivity index (χ1n) is 5.41. The summed E-state index contributed by atoms with van der Waals surface area (Å²) < 4.78 is 0. The van der Waals surface area contributed by atoms with Crippen molar-refractivity contribution in [2.75, 3.05) is 0 Å². The van der Waals surface area contributed by atoms with Crippen LogP contribution in [0.3, 0.4) is 0 Å². The summed E-state index contributed by atoms with van der Waals surface area (Å²) >= 11 is 0. The average Bonchev–Trinajstić information content (AvgIpc) is 2.81. The monoisotopic (exact) mass is 467 g/mol. The van der Waals surface area contributed by atoms with E-state index in [1.54, 1.807) is 0 Å². The van der Waals surface area contributed by atoms with Crippen LogP contribution in [0, 0.1) is 12.2 Å². The SMILES string of the molecule is CC1=CC[C-]=C1.CC1=CC[C-]=C1.C[SiH]C.[Cl-].[Cl-].[Hf+4]. The van der Waals surface area contributed by atoms with E-state index in [0.29, 0.717) is 0 Å². The molecule has 0 saturated carbocycles. The van der Waals surface area contributed by atoms with Crippen LogP contribution in [0.1, 0.15) is 26.7 Å². The van der Waals surface area contributed by atoms with Crippen molar-refractivity contribution in [3.63, 3.8) is 0 Å². The van der Waals surface area contributed by atoms with Gasteiger partial charge in [-0.2, -0.15) is 12.2 Å². The Hall–Kier alpha value is 0.627. The van der Waals surface area contributed by atoms with Gasteiger partial charge in [0.15, 0.2) is 0 Å². The normalized spacial score (nSPS) is 13.3. The molecule has 0 unspecified atom stereocenters. The molecule has 2 aliphatic carbocycles. The fourth-order valence-electron chi connectivity index (χ4n) is 0.998. The van der Waals surface area contributed by atoms with Crippen LogP contribution in [0.25, 0.3) is 0 Å². The van der Waals surface area contributed by atoms with Crippen molar-refractivity contribution in [1.82, 2.24) is 0 Å². The van der Waals surface area contributed by atoms with Gasteiger partial charge >= 0.3 is 25.8 Å². The Kier molecular flexibility index (Phi) is 30.0. The molecular weight excluding hydrogens is 446 g/mol. The Morgan fingerprint density at radius 1 is 0.889 bits per heavy atom. The molecule has 0 atom stereocenters. The van der Waals surface area contributed by atoms with Gasteiger partial charge in [0.05, 0.1) is 0 Å². The predicted molar refractivity (Wildman–Crippen MR) is 71.3 cm³/mol. The van der Waals surface area contributed by atoms with Crippen LogP contribution < -0.4 is 24.8 Å². The van der Waals surface area contributed by atoms with Crippen molar-refractivity contribution < 1.29 is 50.7 Å². The Morgan fingerprint density at radius 3 is 1.22 bits per heavy atom. The molecule has 2 aliphatic rings. The van der Waals surface area contributed by atoms with Gasteiger partial charge in [-0.3, -0.25) is 12.2 Å². The van der Waals surface area contributed by atoms with Gasteiger partial charge in [-0.25, -0.2) is 23.3 Å². The molecular formula is C14H21Cl2HfSi. The molecule has 0 heterocycles. The van der Waals surface area contributed by atoms with Crippen LogP contribution in [0.4, 0.5) is 0 Å². The van der Waals surface area contributed by atoms with E-state index in [-0.39, 0.29) is 50.7 Å². The fraction of sp³-hybridized carbons (Fsp3) is 0.429. The van der Waals surface area contributed by atoms with E-state index >= 15 is 0 Å². The summed E-state index contributed by atoms with van der Waals surface area (Å²) in [6.07, 6.45) is 16.5. The summed E-state index contributed by atoms with van der Waals surface area (Å²) in [7, 11) is 0.750. The van der Waals surface area contributed by atoms with E-state index < -0.39 is 0 Å². The zero-order valence-corrected chi connectivity index (χ0v) is 17.8. The van der Waals surface area contributed by atoms with Gasteiger partial charge in [0.25, 0.3) is 0 Å². The van der Waals surface area contributed by atoms with Gasteiger partial charge in [0, 0.05) is 9.52 Å². The summed E-state index contributed by atoms with van der Waals surface area (Å²) in [5.41, 5.74) is 2.69. The molecule has 18 heavy (non-hydrogen) atoms. The summed E-state index contributed by atoms with van der Waals surface area (Å²) in [6.45, 7) is 8.58. The van der Waals surface area contributed by atoms with Crippen LogP contribution in [-0.2, 0) is 25.8 Å². The minimum absolute atomic E-state index is 0. The third-order valence-corrected chi connectivity index (χ3v) is 1.74. The van der Waals surface area contributed by atoms with Crippen LogP contribution >= 0.6 is 0 Å². The first-order valence-corrected chi connectivity index (χ1v) is 7.72. The maximum absolute atomic E-state index is 3.05. The zero-order chi connectivity index (χ0) is 11.5. The van der Waals surface area contributed by atoms with Crippen LogP contribution in [0.15, 0.2) is 35.5 Å². The van der Waals surface area contributed by atoms with E-state index in [9.17, 15) is 0 Å². The van der Waals surface area contributed by atoms with Crippen molar-refractivity contribution in [3.8, 4) is 0 Å². The second-order valence-corrected chi connectivity index (χ2v) is 4.73. The van der Waals surface area contributed by atoms with E-state index in [2.05, 4.69) is 51.2 Å². The predicted octanol–water partition coefficient (Wildman–Crippen LogP) is -2.08. The second-order valence-electron chi connectivity index (χ2n) is 3.58. The summed E-state index contributed by atoms with van der Waals surface area (Å²) in [4.78, 5) is 0. The number of hydrogen-bond acceptors (Lipinski definition) is 0. The maximum atomic E-state index is 3.05. The van der Waals surface area contributed by atoms with E-state index in [1.165, 1.54) is 11.1 Å². The smallest absolute Gasteiger partial charge is 1.00 e. The maximum Gasteiger partial charge on any atom is 4.00 e. The largest absolute Gasteiger partial charge is 4.00 e. The van der Waals surface area contributed by atoms with Gasteiger partial charge < -0.3 is 24.8 Å². The molecule has 0 nitrogen and oxygen atoms in total. The molecule has 99 valence electrons. The van der Waals surface area contributed by atoms with Gasteiger partial charge in [-0.1, -0.05) is 13.1 Å². The van der Waals surface area contributed by atoms with Gasteiger partial charge in [0.2, 0.25) is 0 Å². The molecule has 0 aliphatic heterocycles. The van der Waals surface area contributed by atoms with E-state index in [4.69, 9.17) is 0 Å². The molecule has 0 aromatic rings. The van der Waals surface area contributed by atoms with Crippen molar-refractivity contribution >= 4 is 9.52 Å². The Labute approximate surface area is 147 Å². The molecule has 0 spiro atoms. The molecule has 0 fully saturated rings. The van der Waals surface area contributed by atoms with Crippen molar-refractivity contribution in [2.45, 2.75) is 39.8 Å². The van der Waals surface area contributed by atoms with E-state index in [0.717, 1.165) is 22.4 Å². The van der Waals surface area contributed by atoms with Crippen LogP contribution in [0.2, 0.25) is 13.1 Å². The Bertz CT molecular complexity index is 248. The molecule has 0 bridgehead atoms. The Morgan fingerprint density at radius 2 is 1.17 bits per heavy atom. The van der Waals surface area contributed by atoms with Gasteiger partial charge in [-0.05, 0) is 0 Å². The van der Waals surface area contributed by atoms with Gasteiger partial charge in [-0.15, -0.1) is 26.7 Å². The third-order valence-electron chi connectivity index (χ3n) is 1.74. The molecule has 1 radical (unpaired) electrons. The average molecular weight is 467 g/mol. The molecule has 0 N–H and O–H groups in total. The van der Waals surface area contributed by atoms with Crippen LogP contribution in [-0.4, -0.2) is 9.52 Å². The number of halogens is 2.